The van der Waals surface area contributed by atoms with Gasteiger partial charge in [-0.05, 0) is 18.4 Å². The number of fused-ring (bicyclic) bond motifs is 1. The van der Waals surface area contributed by atoms with Gasteiger partial charge in [0.25, 0.3) is 0 Å². The summed E-state index contributed by atoms with van der Waals surface area (Å²) in [5.41, 5.74) is 1.14. The van der Waals surface area contributed by atoms with E-state index in [0.29, 0.717) is 25.2 Å². The van der Waals surface area contributed by atoms with Gasteiger partial charge in [0, 0.05) is 38.2 Å². The zero-order valence-electron chi connectivity index (χ0n) is 13.3. The van der Waals surface area contributed by atoms with Crippen LogP contribution in [0.25, 0.3) is 0 Å². The van der Waals surface area contributed by atoms with Gasteiger partial charge in [-0.15, -0.1) is 0 Å². The van der Waals surface area contributed by atoms with Crippen LogP contribution in [-0.2, 0) is 11.3 Å². The molecule has 0 saturated carbocycles. The molecular formula is C17H24N2O3. The Bertz CT molecular complexity index is 547. The topological polar surface area (TPSA) is 50.8 Å². The van der Waals surface area contributed by atoms with E-state index in [1.807, 2.05) is 17.0 Å². The molecule has 2 heterocycles. The molecule has 1 fully saturated rings. The smallest absolute Gasteiger partial charge is 0.219 e. The van der Waals surface area contributed by atoms with E-state index in [2.05, 4.69) is 18.3 Å². The summed E-state index contributed by atoms with van der Waals surface area (Å²) in [7, 11) is 0. The van der Waals surface area contributed by atoms with E-state index in [9.17, 15) is 4.79 Å². The van der Waals surface area contributed by atoms with Crippen molar-refractivity contribution in [2.45, 2.75) is 32.9 Å². The maximum absolute atomic E-state index is 11.5. The van der Waals surface area contributed by atoms with Gasteiger partial charge < -0.3 is 19.7 Å². The second-order valence-corrected chi connectivity index (χ2v) is 6.16. The van der Waals surface area contributed by atoms with Crippen LogP contribution in [0.3, 0.4) is 0 Å². The van der Waals surface area contributed by atoms with Crippen molar-refractivity contribution in [2.24, 2.45) is 5.92 Å². The van der Waals surface area contributed by atoms with Gasteiger partial charge in [-0.2, -0.15) is 0 Å². The number of nitrogens with zero attached hydrogens (tertiary/aromatic N) is 1. The van der Waals surface area contributed by atoms with Gasteiger partial charge in [0.15, 0.2) is 11.5 Å². The van der Waals surface area contributed by atoms with Gasteiger partial charge in [0.2, 0.25) is 5.91 Å². The number of hydrogen-bond acceptors (Lipinski definition) is 4. The number of para-hydroxylation sites is 1. The van der Waals surface area contributed by atoms with Gasteiger partial charge in [-0.25, -0.2) is 0 Å². The molecule has 3 rings (SSSR count). The summed E-state index contributed by atoms with van der Waals surface area (Å²) >= 11 is 0. The number of hydrogen-bond donors (Lipinski definition) is 1. The first-order valence-electron chi connectivity index (χ1n) is 8.01. The minimum atomic E-state index is 0.174. The zero-order valence-corrected chi connectivity index (χ0v) is 13.3. The second-order valence-electron chi connectivity index (χ2n) is 6.16. The maximum atomic E-state index is 11.5. The minimum Gasteiger partial charge on any atom is -0.486 e. The fourth-order valence-corrected chi connectivity index (χ4v) is 3.25. The van der Waals surface area contributed by atoms with Crippen molar-refractivity contribution < 1.29 is 14.3 Å². The molecule has 0 radical (unpaired) electrons. The highest BCUT2D eigenvalue weighted by molar-refractivity contribution is 5.73. The predicted molar refractivity (Wildman–Crippen MR) is 84.1 cm³/mol. The summed E-state index contributed by atoms with van der Waals surface area (Å²) in [4.78, 5) is 13.4. The molecule has 2 aliphatic heterocycles. The van der Waals surface area contributed by atoms with E-state index in [4.69, 9.17) is 9.47 Å². The molecule has 0 aliphatic carbocycles. The molecule has 2 atom stereocenters. The van der Waals surface area contributed by atoms with Gasteiger partial charge >= 0.3 is 0 Å². The van der Waals surface area contributed by atoms with Crippen LogP contribution in [0.2, 0.25) is 0 Å². The van der Waals surface area contributed by atoms with Crippen molar-refractivity contribution in [3.8, 4) is 11.5 Å². The molecule has 5 nitrogen and oxygen atoms in total. The minimum absolute atomic E-state index is 0.174. The number of ether oxygens (including phenoxy) is 2. The van der Waals surface area contributed by atoms with Crippen molar-refractivity contribution in [2.75, 3.05) is 26.3 Å². The molecule has 0 spiro atoms. The number of piperidine rings is 1. The van der Waals surface area contributed by atoms with Crippen LogP contribution in [0.4, 0.5) is 0 Å². The molecule has 1 amide bonds. The van der Waals surface area contributed by atoms with E-state index in [1.165, 1.54) is 0 Å². The lowest BCUT2D eigenvalue weighted by Gasteiger charge is -2.37. The predicted octanol–water partition coefficient (Wildman–Crippen LogP) is 1.80. The fourth-order valence-electron chi connectivity index (χ4n) is 3.25. The summed E-state index contributed by atoms with van der Waals surface area (Å²) in [6.07, 6.45) is 0.993. The van der Waals surface area contributed by atoms with Gasteiger partial charge in [-0.1, -0.05) is 19.1 Å². The standard InChI is InChI=1S/C17H24N2O3/c1-12-11-19(13(2)20)7-6-15(12)18-10-14-4-3-5-16-17(14)22-9-8-21-16/h3-5,12,15,18H,6-11H2,1-2H3/t12-,15+/m1/s1. The molecule has 1 N–H and O–H groups in total. The third-order valence-corrected chi connectivity index (χ3v) is 4.55. The van der Waals surface area contributed by atoms with E-state index in [0.717, 1.165) is 43.1 Å². The Morgan fingerprint density at radius 2 is 2.18 bits per heavy atom. The quantitative estimate of drug-likeness (QED) is 0.925. The number of likely N-dealkylation sites (tertiary alicyclic amines) is 1. The molecule has 0 bridgehead atoms. The molecule has 0 aromatic heterocycles. The third-order valence-electron chi connectivity index (χ3n) is 4.55. The lowest BCUT2D eigenvalue weighted by molar-refractivity contribution is -0.130. The highest BCUT2D eigenvalue weighted by Gasteiger charge is 2.27. The molecule has 2 aliphatic rings. The Kier molecular flexibility index (Phi) is 4.52. The summed E-state index contributed by atoms with van der Waals surface area (Å²) < 4.78 is 11.4. The Morgan fingerprint density at radius 3 is 2.95 bits per heavy atom. The van der Waals surface area contributed by atoms with Gasteiger partial charge in [-0.3, -0.25) is 4.79 Å². The fraction of sp³-hybridized carbons (Fsp3) is 0.588. The van der Waals surface area contributed by atoms with Crippen molar-refractivity contribution in [1.29, 1.82) is 0 Å². The first kappa shape index (κ1) is 15.2. The molecule has 22 heavy (non-hydrogen) atoms. The zero-order chi connectivity index (χ0) is 15.5. The van der Waals surface area contributed by atoms with Crippen molar-refractivity contribution >= 4 is 5.91 Å². The summed E-state index contributed by atoms with van der Waals surface area (Å²) in [6.45, 7) is 7.51. The van der Waals surface area contributed by atoms with Crippen LogP contribution in [-0.4, -0.2) is 43.2 Å². The van der Waals surface area contributed by atoms with Crippen LogP contribution < -0.4 is 14.8 Å². The number of carbonyl (C=O) groups excluding carboxylic acids is 1. The molecular weight excluding hydrogens is 280 g/mol. The second kappa shape index (κ2) is 6.57. The number of nitrogens with one attached hydrogen (secondary N) is 1. The number of benzene rings is 1. The highest BCUT2D eigenvalue weighted by Crippen LogP contribution is 2.33. The lowest BCUT2D eigenvalue weighted by Crippen LogP contribution is -2.49. The van der Waals surface area contributed by atoms with Crippen molar-refractivity contribution in [3.05, 3.63) is 23.8 Å². The van der Waals surface area contributed by atoms with E-state index in [-0.39, 0.29) is 5.91 Å². The normalized spacial score (nSPS) is 24.2. The van der Waals surface area contributed by atoms with E-state index >= 15 is 0 Å². The number of amides is 1. The first-order valence-corrected chi connectivity index (χ1v) is 8.01. The monoisotopic (exact) mass is 304 g/mol. The maximum Gasteiger partial charge on any atom is 0.219 e. The molecule has 5 heteroatoms. The lowest BCUT2D eigenvalue weighted by atomic mass is 9.93. The van der Waals surface area contributed by atoms with Crippen molar-refractivity contribution in [1.82, 2.24) is 10.2 Å². The Morgan fingerprint density at radius 1 is 1.36 bits per heavy atom. The Labute approximate surface area is 131 Å². The third kappa shape index (κ3) is 3.19. The van der Waals surface area contributed by atoms with Crippen molar-refractivity contribution in [3.63, 3.8) is 0 Å². The average Bonchev–Trinajstić information content (AvgIpc) is 2.53. The molecule has 1 aromatic carbocycles. The summed E-state index contributed by atoms with van der Waals surface area (Å²) in [6, 6.07) is 6.46. The highest BCUT2D eigenvalue weighted by atomic mass is 16.6. The molecule has 1 aromatic rings. The van der Waals surface area contributed by atoms with E-state index in [1.54, 1.807) is 6.92 Å². The summed E-state index contributed by atoms with van der Waals surface area (Å²) in [5, 5.41) is 3.62. The van der Waals surface area contributed by atoms with Gasteiger partial charge in [0.05, 0.1) is 0 Å². The van der Waals surface area contributed by atoms with Crippen LogP contribution in [0.1, 0.15) is 25.8 Å². The SMILES string of the molecule is CC(=O)N1CC[C@H](NCc2cccc3c2OCCO3)[C@H](C)C1. The number of carbonyl (C=O) groups is 1. The Hall–Kier alpha value is -1.75. The van der Waals surface area contributed by atoms with Crippen LogP contribution in [0.15, 0.2) is 18.2 Å². The van der Waals surface area contributed by atoms with Crippen LogP contribution in [0.5, 0.6) is 11.5 Å². The van der Waals surface area contributed by atoms with E-state index < -0.39 is 0 Å². The first-order chi connectivity index (χ1) is 10.6. The van der Waals surface area contributed by atoms with Crippen LogP contribution in [0, 0.1) is 5.92 Å². The van der Waals surface area contributed by atoms with Gasteiger partial charge in [0.1, 0.15) is 13.2 Å². The molecule has 1 saturated heterocycles. The molecule has 120 valence electrons. The van der Waals surface area contributed by atoms with Crippen LogP contribution >= 0.6 is 0 Å². The average molecular weight is 304 g/mol. The number of rotatable bonds is 3. The molecule has 0 unspecified atom stereocenters. The largest absolute Gasteiger partial charge is 0.486 e. The Balaban J connectivity index is 1.60. The summed E-state index contributed by atoms with van der Waals surface area (Å²) in [5.74, 6) is 2.34.